The first-order chi connectivity index (χ1) is 12.1. The highest BCUT2D eigenvalue weighted by atomic mass is 32.2. The SMILES string of the molecule is COc1ccc(CSc2nnnn2-c2cc(C)ccc2OC)cc1F. The fraction of sp³-hybridized carbons (Fsp3) is 0.235. The molecule has 1 aromatic heterocycles. The van der Waals surface area contributed by atoms with Crippen molar-refractivity contribution in [3.05, 3.63) is 53.3 Å². The molecule has 6 nitrogen and oxygen atoms in total. The maximum atomic E-state index is 13.8. The van der Waals surface area contributed by atoms with Crippen molar-refractivity contribution in [3.63, 3.8) is 0 Å². The zero-order valence-corrected chi connectivity index (χ0v) is 14.9. The third kappa shape index (κ3) is 3.74. The van der Waals surface area contributed by atoms with Gasteiger partial charge in [0, 0.05) is 5.75 Å². The predicted octanol–water partition coefficient (Wildman–Crippen LogP) is 3.42. The maximum Gasteiger partial charge on any atom is 0.214 e. The second-order valence-electron chi connectivity index (χ2n) is 5.31. The maximum absolute atomic E-state index is 13.8. The number of ether oxygens (including phenoxy) is 2. The molecule has 3 aromatic rings. The van der Waals surface area contributed by atoms with Crippen LogP contribution in [0.4, 0.5) is 4.39 Å². The number of hydrogen-bond donors (Lipinski definition) is 0. The molecule has 0 aliphatic rings. The third-order valence-corrected chi connectivity index (χ3v) is 4.58. The van der Waals surface area contributed by atoms with E-state index in [0.29, 0.717) is 16.7 Å². The Morgan fingerprint density at radius 2 is 1.84 bits per heavy atom. The van der Waals surface area contributed by atoms with Crippen molar-refractivity contribution in [2.45, 2.75) is 17.8 Å². The fourth-order valence-electron chi connectivity index (χ4n) is 2.33. The van der Waals surface area contributed by atoms with Gasteiger partial charge in [-0.2, -0.15) is 4.68 Å². The number of aryl methyl sites for hydroxylation is 1. The number of rotatable bonds is 6. The van der Waals surface area contributed by atoms with Crippen LogP contribution >= 0.6 is 11.8 Å². The molecule has 3 rings (SSSR count). The molecule has 0 saturated carbocycles. The van der Waals surface area contributed by atoms with Crippen LogP contribution in [0, 0.1) is 12.7 Å². The van der Waals surface area contributed by atoms with E-state index in [1.165, 1.54) is 24.9 Å². The predicted molar refractivity (Wildman–Crippen MR) is 93.0 cm³/mol. The molecule has 0 N–H and O–H groups in total. The van der Waals surface area contributed by atoms with E-state index in [4.69, 9.17) is 9.47 Å². The number of nitrogens with zero attached hydrogens (tertiary/aromatic N) is 4. The lowest BCUT2D eigenvalue weighted by Crippen LogP contribution is -2.02. The Labute approximate surface area is 149 Å². The highest BCUT2D eigenvalue weighted by molar-refractivity contribution is 7.98. The van der Waals surface area contributed by atoms with Gasteiger partial charge in [-0.25, -0.2) is 4.39 Å². The molecule has 0 bridgehead atoms. The Morgan fingerprint density at radius 3 is 2.56 bits per heavy atom. The van der Waals surface area contributed by atoms with Gasteiger partial charge in [0.05, 0.1) is 14.2 Å². The van der Waals surface area contributed by atoms with Gasteiger partial charge >= 0.3 is 0 Å². The van der Waals surface area contributed by atoms with Crippen LogP contribution in [0.2, 0.25) is 0 Å². The van der Waals surface area contributed by atoms with Crippen LogP contribution < -0.4 is 9.47 Å². The summed E-state index contributed by atoms with van der Waals surface area (Å²) in [7, 11) is 3.04. The molecule has 0 saturated heterocycles. The van der Waals surface area contributed by atoms with Gasteiger partial charge in [-0.3, -0.25) is 0 Å². The first kappa shape index (κ1) is 17.2. The quantitative estimate of drug-likeness (QED) is 0.628. The Morgan fingerprint density at radius 1 is 1.08 bits per heavy atom. The first-order valence-corrected chi connectivity index (χ1v) is 8.49. The van der Waals surface area contributed by atoms with Crippen molar-refractivity contribution in [2.75, 3.05) is 14.2 Å². The van der Waals surface area contributed by atoms with Gasteiger partial charge in [0.2, 0.25) is 5.16 Å². The Hall–Kier alpha value is -2.61. The number of halogens is 1. The number of hydrogen-bond acceptors (Lipinski definition) is 6. The van der Waals surface area contributed by atoms with E-state index < -0.39 is 0 Å². The van der Waals surface area contributed by atoms with Crippen molar-refractivity contribution in [3.8, 4) is 17.2 Å². The molecule has 0 atom stereocenters. The van der Waals surface area contributed by atoms with Crippen LogP contribution in [0.5, 0.6) is 11.5 Å². The minimum atomic E-state index is -0.388. The van der Waals surface area contributed by atoms with Crippen molar-refractivity contribution in [2.24, 2.45) is 0 Å². The Bertz CT molecular complexity index is 885. The Kier molecular flexibility index (Phi) is 5.18. The molecule has 25 heavy (non-hydrogen) atoms. The van der Waals surface area contributed by atoms with E-state index in [1.54, 1.807) is 17.9 Å². The third-order valence-electron chi connectivity index (χ3n) is 3.59. The summed E-state index contributed by atoms with van der Waals surface area (Å²) in [5.41, 5.74) is 2.64. The second-order valence-corrected chi connectivity index (χ2v) is 6.25. The summed E-state index contributed by atoms with van der Waals surface area (Å²) >= 11 is 1.41. The molecule has 2 aromatic carbocycles. The average Bonchev–Trinajstić information content (AvgIpc) is 3.08. The number of tetrazole rings is 1. The average molecular weight is 360 g/mol. The van der Waals surface area contributed by atoms with E-state index in [0.717, 1.165) is 16.8 Å². The molecule has 0 aliphatic heterocycles. The molecule has 8 heteroatoms. The van der Waals surface area contributed by atoms with Crippen LogP contribution in [0.15, 0.2) is 41.6 Å². The van der Waals surface area contributed by atoms with Crippen LogP contribution in [-0.4, -0.2) is 34.4 Å². The van der Waals surface area contributed by atoms with Crippen molar-refractivity contribution in [1.82, 2.24) is 20.2 Å². The van der Waals surface area contributed by atoms with Gasteiger partial charge < -0.3 is 9.47 Å². The van der Waals surface area contributed by atoms with Crippen molar-refractivity contribution in [1.29, 1.82) is 0 Å². The monoisotopic (exact) mass is 360 g/mol. The summed E-state index contributed by atoms with van der Waals surface area (Å²) in [4.78, 5) is 0. The van der Waals surface area contributed by atoms with Crippen LogP contribution in [0.25, 0.3) is 5.69 Å². The summed E-state index contributed by atoms with van der Waals surface area (Å²) < 4.78 is 25.8. The number of benzene rings is 2. The number of aromatic nitrogens is 4. The molecule has 0 spiro atoms. The largest absolute Gasteiger partial charge is 0.494 e. The minimum absolute atomic E-state index is 0.225. The minimum Gasteiger partial charge on any atom is -0.494 e. The normalized spacial score (nSPS) is 10.7. The summed E-state index contributed by atoms with van der Waals surface area (Å²) in [6.45, 7) is 1.99. The molecule has 0 unspecified atom stereocenters. The standard InChI is InChI=1S/C17H17FN4O2S/c1-11-4-6-16(24-3)14(8-11)22-17(19-20-21-22)25-10-12-5-7-15(23-2)13(18)9-12/h4-9H,10H2,1-3H3. The van der Waals surface area contributed by atoms with Crippen LogP contribution in [0.3, 0.4) is 0 Å². The molecule has 1 heterocycles. The van der Waals surface area contributed by atoms with Gasteiger partial charge in [0.15, 0.2) is 11.6 Å². The highest BCUT2D eigenvalue weighted by Gasteiger charge is 2.14. The van der Waals surface area contributed by atoms with E-state index in [2.05, 4.69) is 15.5 Å². The van der Waals surface area contributed by atoms with Gasteiger partial charge in [-0.15, -0.1) is 5.10 Å². The summed E-state index contributed by atoms with van der Waals surface area (Å²) in [6.07, 6.45) is 0. The van der Waals surface area contributed by atoms with E-state index >= 15 is 0 Å². The number of thioether (sulfide) groups is 1. The van der Waals surface area contributed by atoms with Crippen LogP contribution in [0.1, 0.15) is 11.1 Å². The second kappa shape index (κ2) is 7.52. The molecule has 0 amide bonds. The molecular weight excluding hydrogens is 343 g/mol. The summed E-state index contributed by atoms with van der Waals surface area (Å²) in [5.74, 6) is 1.04. The lowest BCUT2D eigenvalue weighted by Gasteiger charge is -2.10. The first-order valence-electron chi connectivity index (χ1n) is 7.51. The van der Waals surface area contributed by atoms with Gasteiger partial charge in [-0.05, 0) is 52.7 Å². The molecular formula is C17H17FN4O2S. The van der Waals surface area contributed by atoms with Crippen molar-refractivity contribution < 1.29 is 13.9 Å². The smallest absolute Gasteiger partial charge is 0.214 e. The van der Waals surface area contributed by atoms with Crippen LogP contribution in [-0.2, 0) is 5.75 Å². The zero-order chi connectivity index (χ0) is 17.8. The lowest BCUT2D eigenvalue weighted by atomic mass is 10.2. The van der Waals surface area contributed by atoms with Gasteiger partial charge in [-0.1, -0.05) is 23.9 Å². The summed E-state index contributed by atoms with van der Waals surface area (Å²) in [5, 5.41) is 12.5. The Balaban J connectivity index is 1.83. The number of methoxy groups -OCH3 is 2. The zero-order valence-electron chi connectivity index (χ0n) is 14.1. The molecule has 130 valence electrons. The highest BCUT2D eigenvalue weighted by Crippen LogP contribution is 2.29. The van der Waals surface area contributed by atoms with E-state index in [9.17, 15) is 4.39 Å². The lowest BCUT2D eigenvalue weighted by molar-refractivity contribution is 0.386. The molecule has 0 fully saturated rings. The fourth-order valence-corrected chi connectivity index (χ4v) is 3.16. The molecule has 0 aliphatic carbocycles. The van der Waals surface area contributed by atoms with Gasteiger partial charge in [0.1, 0.15) is 11.4 Å². The summed E-state index contributed by atoms with van der Waals surface area (Å²) in [6, 6.07) is 10.7. The van der Waals surface area contributed by atoms with E-state index in [1.807, 2.05) is 31.2 Å². The van der Waals surface area contributed by atoms with Gasteiger partial charge in [0.25, 0.3) is 0 Å². The topological polar surface area (TPSA) is 62.1 Å². The van der Waals surface area contributed by atoms with E-state index in [-0.39, 0.29) is 11.6 Å². The van der Waals surface area contributed by atoms with Crippen molar-refractivity contribution >= 4 is 11.8 Å². The molecule has 0 radical (unpaired) electrons.